The smallest absolute Gasteiger partial charge is 0.306 e. The zero-order chi connectivity index (χ0) is 14.4. The average molecular weight is 280 g/mol. The first-order valence-corrected chi connectivity index (χ1v) is 6.84. The van der Waals surface area contributed by atoms with Gasteiger partial charge in [0, 0.05) is 13.0 Å². The number of esters is 1. The largest absolute Gasteiger partial charge is 0.463 e. The zero-order valence-electron chi connectivity index (χ0n) is 11.3. The van der Waals surface area contributed by atoms with Crippen LogP contribution in [0.15, 0.2) is 30.3 Å². The van der Waals surface area contributed by atoms with Crippen molar-refractivity contribution in [1.29, 1.82) is 0 Å². The molecule has 1 aromatic carbocycles. The molecule has 0 radical (unpaired) electrons. The Balaban J connectivity index is 1.70. The normalized spacial score (nSPS) is 26.2. The molecule has 5 heteroatoms. The Morgan fingerprint density at radius 3 is 2.80 bits per heavy atom. The van der Waals surface area contributed by atoms with Crippen molar-refractivity contribution in [2.75, 3.05) is 13.2 Å². The molecule has 2 N–H and O–H groups in total. The maximum absolute atomic E-state index is 11.6. The Kier molecular flexibility index (Phi) is 5.52. The minimum atomic E-state index is -0.995. The molecule has 0 bridgehead atoms. The first-order valence-electron chi connectivity index (χ1n) is 6.84. The summed E-state index contributed by atoms with van der Waals surface area (Å²) in [6.07, 6.45) is -1.13. The number of rotatable bonds is 5. The van der Waals surface area contributed by atoms with Crippen molar-refractivity contribution in [2.45, 2.75) is 37.6 Å². The number of aryl methyl sites for hydroxylation is 1. The second-order valence-corrected chi connectivity index (χ2v) is 4.92. The molecule has 1 aliphatic heterocycles. The topological polar surface area (TPSA) is 76.0 Å². The van der Waals surface area contributed by atoms with Gasteiger partial charge in [0.1, 0.15) is 18.8 Å². The highest BCUT2D eigenvalue weighted by atomic mass is 16.6. The maximum atomic E-state index is 11.6. The molecule has 0 saturated carbocycles. The van der Waals surface area contributed by atoms with E-state index in [1.807, 2.05) is 30.3 Å². The van der Waals surface area contributed by atoms with Crippen LogP contribution in [-0.4, -0.2) is 47.7 Å². The molecule has 0 aliphatic carbocycles. The van der Waals surface area contributed by atoms with Crippen LogP contribution in [0, 0.1) is 0 Å². The summed E-state index contributed by atoms with van der Waals surface area (Å²) in [4.78, 5) is 11.6. The summed E-state index contributed by atoms with van der Waals surface area (Å²) in [6.45, 7) is 0.344. The first kappa shape index (κ1) is 15.0. The minimum absolute atomic E-state index is 0.0220. The van der Waals surface area contributed by atoms with Crippen molar-refractivity contribution in [3.63, 3.8) is 0 Å². The molecule has 1 aromatic rings. The Labute approximate surface area is 118 Å². The summed E-state index contributed by atoms with van der Waals surface area (Å²) < 4.78 is 10.4. The molecule has 0 unspecified atom stereocenters. The van der Waals surface area contributed by atoms with Crippen molar-refractivity contribution >= 4 is 5.97 Å². The molecular formula is C15H20O5. The van der Waals surface area contributed by atoms with E-state index in [0.717, 1.165) is 5.56 Å². The number of aliphatic hydroxyl groups is 2. The van der Waals surface area contributed by atoms with Crippen LogP contribution in [0.1, 0.15) is 18.4 Å². The fourth-order valence-corrected chi connectivity index (χ4v) is 2.14. The lowest BCUT2D eigenvalue weighted by molar-refractivity contribution is -0.169. The van der Waals surface area contributed by atoms with E-state index in [1.165, 1.54) is 0 Å². The van der Waals surface area contributed by atoms with Gasteiger partial charge in [-0.2, -0.15) is 0 Å². The van der Waals surface area contributed by atoms with Crippen LogP contribution in [0.25, 0.3) is 0 Å². The van der Waals surface area contributed by atoms with Crippen LogP contribution >= 0.6 is 0 Å². The third kappa shape index (κ3) is 4.30. The molecule has 5 nitrogen and oxygen atoms in total. The quantitative estimate of drug-likeness (QED) is 0.775. The lowest BCUT2D eigenvalue weighted by Crippen LogP contribution is -2.47. The van der Waals surface area contributed by atoms with Gasteiger partial charge in [0.15, 0.2) is 0 Å². The molecule has 20 heavy (non-hydrogen) atoms. The van der Waals surface area contributed by atoms with Gasteiger partial charge in [0.25, 0.3) is 0 Å². The number of hydrogen-bond acceptors (Lipinski definition) is 5. The van der Waals surface area contributed by atoms with Crippen molar-refractivity contribution in [3.05, 3.63) is 35.9 Å². The predicted molar refractivity (Wildman–Crippen MR) is 72.1 cm³/mol. The molecule has 1 heterocycles. The molecule has 1 saturated heterocycles. The molecule has 0 spiro atoms. The third-order valence-corrected chi connectivity index (χ3v) is 3.39. The number of carbonyl (C=O) groups is 1. The van der Waals surface area contributed by atoms with E-state index < -0.39 is 18.3 Å². The van der Waals surface area contributed by atoms with E-state index in [0.29, 0.717) is 19.4 Å². The fourth-order valence-electron chi connectivity index (χ4n) is 2.14. The lowest BCUT2D eigenvalue weighted by atomic mass is 10.0. The summed E-state index contributed by atoms with van der Waals surface area (Å²) in [5.74, 6) is -0.329. The summed E-state index contributed by atoms with van der Waals surface area (Å²) in [5, 5.41) is 19.2. The summed E-state index contributed by atoms with van der Waals surface area (Å²) in [6, 6.07) is 9.69. The molecule has 1 fully saturated rings. The Bertz CT molecular complexity index is 420. The fraction of sp³-hybridized carbons (Fsp3) is 0.533. The van der Waals surface area contributed by atoms with Crippen LogP contribution < -0.4 is 0 Å². The monoisotopic (exact) mass is 280 g/mol. The number of benzene rings is 1. The van der Waals surface area contributed by atoms with Gasteiger partial charge in [-0.05, 0) is 18.4 Å². The molecule has 0 amide bonds. The van der Waals surface area contributed by atoms with E-state index in [1.54, 1.807) is 0 Å². The van der Waals surface area contributed by atoms with E-state index >= 15 is 0 Å². The maximum Gasteiger partial charge on any atom is 0.306 e. The van der Waals surface area contributed by atoms with Gasteiger partial charge in [0.2, 0.25) is 0 Å². The third-order valence-electron chi connectivity index (χ3n) is 3.39. The number of carbonyl (C=O) groups excluding carboxylic acids is 1. The van der Waals surface area contributed by atoms with Crippen molar-refractivity contribution < 1.29 is 24.5 Å². The van der Waals surface area contributed by atoms with E-state index in [-0.39, 0.29) is 19.0 Å². The van der Waals surface area contributed by atoms with Crippen LogP contribution in [-0.2, 0) is 20.7 Å². The average Bonchev–Trinajstić information content (AvgIpc) is 2.48. The standard InChI is InChI=1S/C15H20O5/c16-12-8-9-19-13(15(12)18)10-20-14(17)7-6-11-4-2-1-3-5-11/h1-5,12-13,15-16,18H,6-10H2/t12-,13-,15-/m1/s1. The molecule has 110 valence electrons. The van der Waals surface area contributed by atoms with Crippen molar-refractivity contribution in [3.8, 4) is 0 Å². The van der Waals surface area contributed by atoms with Crippen LogP contribution in [0.5, 0.6) is 0 Å². The van der Waals surface area contributed by atoms with Gasteiger partial charge in [-0.25, -0.2) is 0 Å². The summed E-state index contributed by atoms with van der Waals surface area (Å²) in [5.41, 5.74) is 1.08. The zero-order valence-corrected chi connectivity index (χ0v) is 11.3. The van der Waals surface area contributed by atoms with E-state index in [9.17, 15) is 15.0 Å². The van der Waals surface area contributed by atoms with Crippen LogP contribution in [0.3, 0.4) is 0 Å². The van der Waals surface area contributed by atoms with Gasteiger partial charge < -0.3 is 19.7 Å². The molecule has 2 rings (SSSR count). The molecular weight excluding hydrogens is 260 g/mol. The highest BCUT2D eigenvalue weighted by Gasteiger charge is 2.32. The molecule has 3 atom stereocenters. The number of hydrogen-bond donors (Lipinski definition) is 2. The summed E-state index contributed by atoms with van der Waals surface area (Å²) >= 11 is 0. The highest BCUT2D eigenvalue weighted by Crippen LogP contribution is 2.15. The lowest BCUT2D eigenvalue weighted by Gasteiger charge is -2.31. The number of ether oxygens (including phenoxy) is 2. The molecule has 0 aromatic heterocycles. The Morgan fingerprint density at radius 2 is 2.05 bits per heavy atom. The van der Waals surface area contributed by atoms with Crippen LogP contribution in [0.2, 0.25) is 0 Å². The predicted octanol–water partition coefficient (Wildman–Crippen LogP) is 0.673. The van der Waals surface area contributed by atoms with Gasteiger partial charge in [0.05, 0.1) is 6.10 Å². The number of aliphatic hydroxyl groups excluding tert-OH is 2. The SMILES string of the molecule is O=C(CCc1ccccc1)OC[C@H]1OCC[C@@H](O)[C@H]1O. The second kappa shape index (κ2) is 7.38. The van der Waals surface area contributed by atoms with Crippen molar-refractivity contribution in [2.24, 2.45) is 0 Å². The van der Waals surface area contributed by atoms with E-state index in [2.05, 4.69) is 0 Å². The highest BCUT2D eigenvalue weighted by molar-refractivity contribution is 5.69. The Hall–Kier alpha value is -1.43. The molecule has 1 aliphatic rings. The van der Waals surface area contributed by atoms with Gasteiger partial charge in [-0.1, -0.05) is 30.3 Å². The van der Waals surface area contributed by atoms with E-state index in [4.69, 9.17) is 9.47 Å². The second-order valence-electron chi connectivity index (χ2n) is 4.92. The van der Waals surface area contributed by atoms with Gasteiger partial charge in [-0.15, -0.1) is 0 Å². The van der Waals surface area contributed by atoms with Crippen molar-refractivity contribution in [1.82, 2.24) is 0 Å². The van der Waals surface area contributed by atoms with Crippen LogP contribution in [0.4, 0.5) is 0 Å². The Morgan fingerprint density at radius 1 is 1.30 bits per heavy atom. The summed E-state index contributed by atoms with van der Waals surface area (Å²) in [7, 11) is 0. The van der Waals surface area contributed by atoms with Gasteiger partial charge >= 0.3 is 5.97 Å². The first-order chi connectivity index (χ1) is 9.66. The van der Waals surface area contributed by atoms with Gasteiger partial charge in [-0.3, -0.25) is 4.79 Å². The minimum Gasteiger partial charge on any atom is -0.463 e.